The number of benzene rings is 1. The fourth-order valence-corrected chi connectivity index (χ4v) is 1.83. The van der Waals surface area contributed by atoms with E-state index in [1.807, 2.05) is 32.0 Å². The van der Waals surface area contributed by atoms with E-state index < -0.39 is 0 Å². The molecule has 0 N–H and O–H groups in total. The number of aryl methyl sites for hydroxylation is 2. The van der Waals surface area contributed by atoms with Gasteiger partial charge in [0.15, 0.2) is 0 Å². The third-order valence-electron chi connectivity index (χ3n) is 2.47. The molecule has 1 aromatic carbocycles. The first-order valence-corrected chi connectivity index (χ1v) is 4.70. The lowest BCUT2D eigenvalue weighted by Gasteiger charge is -2.17. The summed E-state index contributed by atoms with van der Waals surface area (Å²) in [7, 11) is 0. The topological polar surface area (TPSA) is 29.5 Å². The Bertz CT molecular complexity index is 353. The van der Waals surface area contributed by atoms with E-state index in [1.54, 1.807) is 4.90 Å². The zero-order chi connectivity index (χ0) is 10.1. The largest absolute Gasteiger partial charge is 0.447 e. The molecule has 0 aliphatic carbocycles. The number of rotatable bonds is 1. The maximum atomic E-state index is 11.4. The maximum absolute atomic E-state index is 11.4. The highest BCUT2D eigenvalue weighted by Gasteiger charge is 2.25. The Kier molecular flexibility index (Phi) is 2.15. The van der Waals surface area contributed by atoms with Gasteiger partial charge in [0, 0.05) is 0 Å². The Morgan fingerprint density at radius 3 is 2.43 bits per heavy atom. The number of anilines is 1. The van der Waals surface area contributed by atoms with Gasteiger partial charge in [-0.25, -0.2) is 4.79 Å². The number of para-hydroxylation sites is 1. The van der Waals surface area contributed by atoms with Crippen LogP contribution in [0.5, 0.6) is 0 Å². The van der Waals surface area contributed by atoms with Crippen molar-refractivity contribution in [2.24, 2.45) is 0 Å². The normalized spacial score (nSPS) is 15.9. The van der Waals surface area contributed by atoms with E-state index in [9.17, 15) is 4.79 Å². The van der Waals surface area contributed by atoms with Gasteiger partial charge in [-0.3, -0.25) is 4.90 Å². The molecule has 1 amide bonds. The van der Waals surface area contributed by atoms with Crippen LogP contribution in [0.3, 0.4) is 0 Å². The van der Waals surface area contributed by atoms with Crippen molar-refractivity contribution in [1.82, 2.24) is 0 Å². The number of cyclic esters (lactones) is 1. The molecule has 0 bridgehead atoms. The van der Waals surface area contributed by atoms with Crippen molar-refractivity contribution in [2.45, 2.75) is 13.8 Å². The number of hydrogen-bond acceptors (Lipinski definition) is 2. The van der Waals surface area contributed by atoms with E-state index in [0.717, 1.165) is 16.8 Å². The highest BCUT2D eigenvalue weighted by Crippen LogP contribution is 2.26. The molecule has 14 heavy (non-hydrogen) atoms. The highest BCUT2D eigenvalue weighted by atomic mass is 16.6. The van der Waals surface area contributed by atoms with Gasteiger partial charge in [0.2, 0.25) is 0 Å². The fraction of sp³-hybridized carbons (Fsp3) is 0.364. The molecule has 2 rings (SSSR count). The molecule has 1 aromatic rings. The standard InChI is InChI=1S/C11H13NO2/c1-8-4-3-5-9(2)10(8)12-6-7-14-11(12)13/h3-5H,6-7H2,1-2H3. The smallest absolute Gasteiger partial charge is 0.414 e. The Balaban J connectivity index is 2.44. The van der Waals surface area contributed by atoms with Gasteiger partial charge in [-0.05, 0) is 25.0 Å². The van der Waals surface area contributed by atoms with Gasteiger partial charge < -0.3 is 4.74 Å². The SMILES string of the molecule is Cc1cccc(C)c1N1CCOC1=O. The quantitative estimate of drug-likeness (QED) is 0.681. The lowest BCUT2D eigenvalue weighted by atomic mass is 10.1. The zero-order valence-electron chi connectivity index (χ0n) is 8.41. The van der Waals surface area contributed by atoms with E-state index in [4.69, 9.17) is 4.74 Å². The second kappa shape index (κ2) is 3.33. The first-order valence-electron chi connectivity index (χ1n) is 4.70. The van der Waals surface area contributed by atoms with Crippen molar-refractivity contribution >= 4 is 11.8 Å². The predicted octanol–water partition coefficient (Wildman–Crippen LogP) is 2.26. The fourth-order valence-electron chi connectivity index (χ4n) is 1.83. The Labute approximate surface area is 83.3 Å². The van der Waals surface area contributed by atoms with Crippen LogP contribution in [-0.4, -0.2) is 19.2 Å². The summed E-state index contributed by atoms with van der Waals surface area (Å²) in [5, 5.41) is 0. The third-order valence-corrected chi connectivity index (χ3v) is 2.47. The first kappa shape index (κ1) is 9.06. The monoisotopic (exact) mass is 191 g/mol. The summed E-state index contributed by atoms with van der Waals surface area (Å²) in [5.41, 5.74) is 3.22. The summed E-state index contributed by atoms with van der Waals surface area (Å²) in [6.45, 7) is 5.17. The van der Waals surface area contributed by atoms with E-state index in [2.05, 4.69) is 0 Å². The molecule has 0 radical (unpaired) electrons. The number of amides is 1. The molecule has 3 nitrogen and oxygen atoms in total. The van der Waals surface area contributed by atoms with Crippen molar-refractivity contribution in [3.63, 3.8) is 0 Å². The van der Waals surface area contributed by atoms with Gasteiger partial charge in [-0.2, -0.15) is 0 Å². The van der Waals surface area contributed by atoms with E-state index in [0.29, 0.717) is 13.2 Å². The minimum absolute atomic E-state index is 0.234. The number of carbonyl (C=O) groups is 1. The van der Waals surface area contributed by atoms with Crippen LogP contribution in [0.1, 0.15) is 11.1 Å². The molecule has 1 heterocycles. The minimum Gasteiger partial charge on any atom is -0.447 e. The summed E-state index contributed by atoms with van der Waals surface area (Å²) in [6, 6.07) is 6.01. The van der Waals surface area contributed by atoms with E-state index >= 15 is 0 Å². The van der Waals surface area contributed by atoms with Crippen LogP contribution in [-0.2, 0) is 4.74 Å². The van der Waals surface area contributed by atoms with Crippen LogP contribution in [0.15, 0.2) is 18.2 Å². The molecule has 1 aliphatic rings. The average Bonchev–Trinajstić information content (AvgIpc) is 2.52. The number of ether oxygens (including phenoxy) is 1. The molecule has 1 fully saturated rings. The molecular formula is C11H13NO2. The van der Waals surface area contributed by atoms with Crippen molar-refractivity contribution in [1.29, 1.82) is 0 Å². The van der Waals surface area contributed by atoms with Crippen LogP contribution in [0.4, 0.5) is 10.5 Å². The Morgan fingerprint density at radius 2 is 1.93 bits per heavy atom. The molecule has 1 saturated heterocycles. The van der Waals surface area contributed by atoms with Crippen molar-refractivity contribution in [3.05, 3.63) is 29.3 Å². The van der Waals surface area contributed by atoms with Crippen molar-refractivity contribution < 1.29 is 9.53 Å². The Hall–Kier alpha value is -1.51. The van der Waals surface area contributed by atoms with Crippen LogP contribution in [0, 0.1) is 13.8 Å². The molecule has 0 saturated carbocycles. The minimum atomic E-state index is -0.234. The second-order valence-corrected chi connectivity index (χ2v) is 3.51. The third kappa shape index (κ3) is 1.35. The summed E-state index contributed by atoms with van der Waals surface area (Å²) in [6.07, 6.45) is -0.234. The molecule has 74 valence electrons. The Morgan fingerprint density at radius 1 is 1.29 bits per heavy atom. The first-order chi connectivity index (χ1) is 6.70. The zero-order valence-corrected chi connectivity index (χ0v) is 8.41. The van der Waals surface area contributed by atoms with E-state index in [-0.39, 0.29) is 6.09 Å². The van der Waals surface area contributed by atoms with Gasteiger partial charge in [-0.15, -0.1) is 0 Å². The van der Waals surface area contributed by atoms with Crippen molar-refractivity contribution in [2.75, 3.05) is 18.1 Å². The number of hydrogen-bond donors (Lipinski definition) is 0. The van der Waals surface area contributed by atoms with Gasteiger partial charge in [0.05, 0.1) is 12.2 Å². The summed E-state index contributed by atoms with van der Waals surface area (Å²) < 4.78 is 4.92. The molecule has 0 spiro atoms. The molecular weight excluding hydrogens is 178 g/mol. The van der Waals surface area contributed by atoms with Crippen LogP contribution in [0.25, 0.3) is 0 Å². The van der Waals surface area contributed by atoms with Crippen molar-refractivity contribution in [3.8, 4) is 0 Å². The maximum Gasteiger partial charge on any atom is 0.414 e. The van der Waals surface area contributed by atoms with Gasteiger partial charge in [0.1, 0.15) is 6.61 Å². The van der Waals surface area contributed by atoms with Crippen LogP contribution < -0.4 is 4.90 Å². The average molecular weight is 191 g/mol. The molecule has 3 heteroatoms. The van der Waals surface area contributed by atoms with Gasteiger partial charge >= 0.3 is 6.09 Å². The molecule has 0 unspecified atom stereocenters. The van der Waals surface area contributed by atoms with Gasteiger partial charge in [-0.1, -0.05) is 18.2 Å². The number of carbonyl (C=O) groups excluding carboxylic acids is 1. The number of nitrogens with zero attached hydrogens (tertiary/aromatic N) is 1. The summed E-state index contributed by atoms with van der Waals surface area (Å²) in [5.74, 6) is 0. The van der Waals surface area contributed by atoms with Crippen LogP contribution in [0.2, 0.25) is 0 Å². The van der Waals surface area contributed by atoms with Gasteiger partial charge in [0.25, 0.3) is 0 Å². The molecule has 0 atom stereocenters. The molecule has 0 aromatic heterocycles. The molecule has 1 aliphatic heterocycles. The lowest BCUT2D eigenvalue weighted by molar-refractivity contribution is 0.181. The second-order valence-electron chi connectivity index (χ2n) is 3.51. The predicted molar refractivity (Wildman–Crippen MR) is 54.6 cm³/mol. The van der Waals surface area contributed by atoms with Crippen LogP contribution >= 0.6 is 0 Å². The van der Waals surface area contributed by atoms with E-state index in [1.165, 1.54) is 0 Å². The summed E-state index contributed by atoms with van der Waals surface area (Å²) >= 11 is 0. The summed E-state index contributed by atoms with van der Waals surface area (Å²) in [4.78, 5) is 13.1. The lowest BCUT2D eigenvalue weighted by Crippen LogP contribution is -2.25. The highest BCUT2D eigenvalue weighted by molar-refractivity contribution is 5.91.